The zero-order valence-electron chi connectivity index (χ0n) is 8.69. The molecule has 4 heteroatoms. The van der Waals surface area contributed by atoms with Crippen molar-refractivity contribution in [2.45, 2.75) is 18.6 Å². The largest absolute Gasteiger partial charge is 0.391 e. The first-order valence-corrected chi connectivity index (χ1v) is 6.10. The molecule has 3 nitrogen and oxygen atoms in total. The minimum Gasteiger partial charge on any atom is -0.391 e. The van der Waals surface area contributed by atoms with Crippen LogP contribution in [0.5, 0.6) is 0 Å². The maximum atomic E-state index is 9.91. The van der Waals surface area contributed by atoms with Crippen molar-refractivity contribution < 1.29 is 9.84 Å². The minimum atomic E-state index is -0.272. The highest BCUT2D eigenvalue weighted by Gasteiger charge is 2.31. The molecule has 14 heavy (non-hydrogen) atoms. The summed E-state index contributed by atoms with van der Waals surface area (Å²) in [5.74, 6) is 0.238. The first-order chi connectivity index (χ1) is 6.69. The van der Waals surface area contributed by atoms with Crippen molar-refractivity contribution in [3.05, 3.63) is 10.2 Å². The quantitative estimate of drug-likeness (QED) is 0.797. The average molecular weight is 307 g/mol. The number of β-amino-alcohol motifs (C(OH)–C–C–N with tert-alkyl or cyclic N) is 1. The lowest BCUT2D eigenvalue weighted by Gasteiger charge is -2.36. The zero-order chi connectivity index (χ0) is 10.6. The van der Waals surface area contributed by atoms with E-state index in [1.807, 2.05) is 17.2 Å². The minimum absolute atomic E-state index is 0.0515. The number of ether oxygens (including phenoxy) is 1. The number of halogens is 1. The molecule has 0 aromatic carbocycles. The SMILES string of the molecule is COC(/C=C/[123I])C1CCN(C)CC1O. The summed E-state index contributed by atoms with van der Waals surface area (Å²) in [6, 6.07) is 0. The highest BCUT2D eigenvalue weighted by molar-refractivity contribution is 14.1. The van der Waals surface area contributed by atoms with Crippen LogP contribution in [-0.2, 0) is 4.74 Å². The fourth-order valence-corrected chi connectivity index (χ4v) is 2.37. The normalized spacial score (nSPS) is 32.3. The van der Waals surface area contributed by atoms with Gasteiger partial charge in [-0.15, -0.1) is 0 Å². The molecule has 1 fully saturated rings. The molecule has 1 rings (SSSR count). The van der Waals surface area contributed by atoms with Gasteiger partial charge in [-0.05, 0) is 30.2 Å². The van der Waals surface area contributed by atoms with Gasteiger partial charge in [0.15, 0.2) is 0 Å². The average Bonchev–Trinajstić information content (AvgIpc) is 2.15. The molecule has 0 radical (unpaired) electrons. The Hall–Kier alpha value is 0.350. The summed E-state index contributed by atoms with van der Waals surface area (Å²) in [4.78, 5) is 2.15. The number of likely N-dealkylation sites (N-methyl/N-ethyl adjacent to an activating group) is 1. The summed E-state index contributed by atoms with van der Waals surface area (Å²) in [5, 5.41) is 9.91. The summed E-state index contributed by atoms with van der Waals surface area (Å²) < 4.78 is 7.32. The van der Waals surface area contributed by atoms with Crippen molar-refractivity contribution in [1.82, 2.24) is 4.90 Å². The summed E-state index contributed by atoms with van der Waals surface area (Å²) >= 11 is 2.18. The third-order valence-corrected chi connectivity index (χ3v) is 3.21. The Bertz CT molecular complexity index is 199. The van der Waals surface area contributed by atoms with E-state index in [-0.39, 0.29) is 18.1 Å². The molecule has 1 aliphatic heterocycles. The van der Waals surface area contributed by atoms with Gasteiger partial charge in [0.25, 0.3) is 0 Å². The first kappa shape index (κ1) is 12.4. The van der Waals surface area contributed by atoms with Crippen molar-refractivity contribution in [3.8, 4) is 0 Å². The molecule has 0 amide bonds. The Morgan fingerprint density at radius 2 is 2.36 bits per heavy atom. The van der Waals surface area contributed by atoms with Crippen molar-refractivity contribution >= 4 is 22.6 Å². The topological polar surface area (TPSA) is 32.7 Å². The molecular weight excluding hydrogens is 289 g/mol. The first-order valence-electron chi connectivity index (χ1n) is 4.85. The van der Waals surface area contributed by atoms with Crippen LogP contribution in [0.25, 0.3) is 0 Å². The Morgan fingerprint density at radius 3 is 2.86 bits per heavy atom. The van der Waals surface area contributed by atoms with Gasteiger partial charge in [0.05, 0.1) is 12.2 Å². The van der Waals surface area contributed by atoms with Crippen molar-refractivity contribution in [3.63, 3.8) is 0 Å². The fourth-order valence-electron chi connectivity index (χ4n) is 1.96. The molecule has 1 aliphatic rings. The van der Waals surface area contributed by atoms with Gasteiger partial charge in [-0.25, -0.2) is 0 Å². The van der Waals surface area contributed by atoms with Crippen LogP contribution in [0.4, 0.5) is 0 Å². The predicted octanol–water partition coefficient (Wildman–Crippen LogP) is 1.26. The standard InChI is InChI=1S/C10H18INO2/c1-12-6-4-8(9(13)7-12)10(14-2)3-5-11/h3,5,8-10,13H,4,6-7H2,1-2H3/b5-3+/i11-4. The van der Waals surface area contributed by atoms with E-state index in [0.29, 0.717) is 0 Å². The van der Waals surface area contributed by atoms with Gasteiger partial charge in [-0.2, -0.15) is 0 Å². The van der Waals surface area contributed by atoms with E-state index < -0.39 is 0 Å². The van der Waals surface area contributed by atoms with Gasteiger partial charge in [-0.1, -0.05) is 22.6 Å². The summed E-state index contributed by atoms with van der Waals surface area (Å²) in [6.45, 7) is 1.79. The molecule has 1 saturated heterocycles. The van der Waals surface area contributed by atoms with E-state index in [9.17, 15) is 5.11 Å². The van der Waals surface area contributed by atoms with Gasteiger partial charge >= 0.3 is 0 Å². The van der Waals surface area contributed by atoms with E-state index in [2.05, 4.69) is 27.5 Å². The Kier molecular flexibility index (Phi) is 5.36. The second-order valence-electron chi connectivity index (χ2n) is 3.80. The van der Waals surface area contributed by atoms with E-state index in [0.717, 1.165) is 19.5 Å². The number of nitrogens with zero attached hydrogens (tertiary/aromatic N) is 1. The lowest BCUT2D eigenvalue weighted by molar-refractivity contribution is -0.0312. The third kappa shape index (κ3) is 3.18. The van der Waals surface area contributed by atoms with Crippen molar-refractivity contribution in [2.24, 2.45) is 5.92 Å². The number of methoxy groups -OCH3 is 1. The molecule has 0 aromatic heterocycles. The Morgan fingerprint density at radius 1 is 1.64 bits per heavy atom. The molecule has 0 saturated carbocycles. The van der Waals surface area contributed by atoms with Crippen molar-refractivity contribution in [1.29, 1.82) is 0 Å². The van der Waals surface area contributed by atoms with Crippen LogP contribution < -0.4 is 0 Å². The maximum absolute atomic E-state index is 9.91. The second kappa shape index (κ2) is 6.05. The number of aliphatic hydroxyl groups excluding tert-OH is 1. The smallest absolute Gasteiger partial charge is 0.0813 e. The van der Waals surface area contributed by atoms with E-state index in [4.69, 9.17) is 4.74 Å². The highest BCUT2D eigenvalue weighted by Crippen LogP contribution is 2.23. The molecule has 0 spiro atoms. The molecule has 3 unspecified atom stereocenters. The molecule has 0 aromatic rings. The van der Waals surface area contributed by atoms with Gasteiger partial charge in [0.1, 0.15) is 0 Å². The van der Waals surface area contributed by atoms with Crippen LogP contribution in [0, 0.1) is 5.92 Å². The van der Waals surface area contributed by atoms with Gasteiger partial charge < -0.3 is 14.7 Å². The number of hydrogen-bond acceptors (Lipinski definition) is 3. The highest BCUT2D eigenvalue weighted by atomic mass is 123. The van der Waals surface area contributed by atoms with Crippen LogP contribution in [0.2, 0.25) is 0 Å². The summed E-state index contributed by atoms with van der Waals surface area (Å²) in [7, 11) is 3.74. The zero-order valence-corrected chi connectivity index (χ0v) is 10.8. The molecule has 1 N–H and O–H groups in total. The number of aliphatic hydroxyl groups is 1. The third-order valence-electron chi connectivity index (χ3n) is 2.79. The van der Waals surface area contributed by atoms with E-state index >= 15 is 0 Å². The lowest BCUT2D eigenvalue weighted by Crippen LogP contribution is -2.46. The van der Waals surface area contributed by atoms with E-state index in [1.165, 1.54) is 0 Å². The number of rotatable bonds is 3. The Balaban J connectivity index is 2.57. The fraction of sp³-hybridized carbons (Fsp3) is 0.800. The van der Waals surface area contributed by atoms with Crippen LogP contribution in [0.1, 0.15) is 6.42 Å². The molecule has 82 valence electrons. The van der Waals surface area contributed by atoms with Crippen LogP contribution >= 0.6 is 22.6 Å². The monoisotopic (exact) mass is 307 g/mol. The predicted molar refractivity (Wildman–Crippen MR) is 65.6 cm³/mol. The molecule has 3 atom stereocenters. The number of likely N-dealkylation sites (tertiary alicyclic amines) is 1. The molecule has 0 aliphatic carbocycles. The van der Waals surface area contributed by atoms with Crippen LogP contribution in [0.3, 0.4) is 0 Å². The van der Waals surface area contributed by atoms with Crippen LogP contribution in [-0.4, -0.2) is 49.5 Å². The maximum Gasteiger partial charge on any atom is 0.0813 e. The van der Waals surface area contributed by atoms with Gasteiger partial charge in [0.2, 0.25) is 0 Å². The summed E-state index contributed by atoms with van der Waals surface area (Å²) in [6.07, 6.45) is 2.79. The van der Waals surface area contributed by atoms with Gasteiger partial charge in [-0.3, -0.25) is 0 Å². The second-order valence-corrected chi connectivity index (χ2v) is 4.52. The number of piperidine rings is 1. The molecule has 1 heterocycles. The molecule has 0 bridgehead atoms. The van der Waals surface area contributed by atoms with Gasteiger partial charge in [0, 0.05) is 19.6 Å². The summed E-state index contributed by atoms with van der Waals surface area (Å²) in [5.41, 5.74) is 0. The Labute approximate surface area is 99.3 Å². The van der Waals surface area contributed by atoms with Crippen LogP contribution in [0.15, 0.2) is 10.2 Å². The molecular formula is C10H18INO2. The van der Waals surface area contributed by atoms with E-state index in [1.54, 1.807) is 7.11 Å². The number of hydrogen-bond donors (Lipinski definition) is 1. The van der Waals surface area contributed by atoms with Crippen molar-refractivity contribution in [2.75, 3.05) is 27.2 Å². The lowest BCUT2D eigenvalue weighted by atomic mass is 9.89.